The van der Waals surface area contributed by atoms with E-state index in [1.54, 1.807) is 0 Å². The van der Waals surface area contributed by atoms with Crippen molar-refractivity contribution in [2.24, 2.45) is 0 Å². The number of ether oxygens (including phenoxy) is 1. The van der Waals surface area contributed by atoms with Crippen LogP contribution in [0.1, 0.15) is 37.0 Å². The lowest BCUT2D eigenvalue weighted by molar-refractivity contribution is -0.143. The molecule has 0 aliphatic heterocycles. The molecule has 0 aliphatic rings. The first-order chi connectivity index (χ1) is 10.9. The summed E-state index contributed by atoms with van der Waals surface area (Å²) < 4.78 is 4.62. The van der Waals surface area contributed by atoms with Crippen molar-refractivity contribution < 1.29 is 19.1 Å². The van der Waals surface area contributed by atoms with Crippen LogP contribution in [0.5, 0.6) is 0 Å². The summed E-state index contributed by atoms with van der Waals surface area (Å²) in [4.78, 5) is 37.3. The summed E-state index contributed by atoms with van der Waals surface area (Å²) in [5.74, 6) is -1.95. The molecule has 0 aromatic heterocycles. The molecular weight excluding hydrogens is 320 g/mol. The van der Waals surface area contributed by atoms with Gasteiger partial charge in [-0.25, -0.2) is 4.79 Å². The number of benzene rings is 1. The molecule has 2 amide bonds. The van der Waals surface area contributed by atoms with Crippen LogP contribution < -0.4 is 5.32 Å². The molecule has 0 saturated heterocycles. The van der Waals surface area contributed by atoms with E-state index < -0.39 is 17.8 Å². The number of halogens is 1. The summed E-state index contributed by atoms with van der Waals surface area (Å²) in [6, 6.07) is 4.32. The van der Waals surface area contributed by atoms with Crippen LogP contribution in [0.3, 0.4) is 0 Å². The van der Waals surface area contributed by atoms with E-state index in [2.05, 4.69) is 10.1 Å². The zero-order chi connectivity index (χ0) is 17.4. The normalized spacial score (nSPS) is 10.1. The minimum atomic E-state index is -0.782. The van der Waals surface area contributed by atoms with Gasteiger partial charge in [-0.05, 0) is 31.0 Å². The first-order valence-electron chi connectivity index (χ1n) is 7.42. The molecule has 1 N–H and O–H groups in total. The van der Waals surface area contributed by atoms with Crippen LogP contribution in [0.4, 0.5) is 5.69 Å². The van der Waals surface area contributed by atoms with E-state index in [4.69, 9.17) is 11.6 Å². The Morgan fingerprint density at radius 2 is 1.78 bits per heavy atom. The number of rotatable bonds is 6. The molecule has 0 saturated carbocycles. The molecule has 0 fully saturated rings. The number of esters is 1. The van der Waals surface area contributed by atoms with Gasteiger partial charge in [-0.1, -0.05) is 25.4 Å². The van der Waals surface area contributed by atoms with E-state index in [-0.39, 0.29) is 16.3 Å². The van der Waals surface area contributed by atoms with E-state index in [1.165, 1.54) is 30.2 Å². The molecule has 7 heteroatoms. The molecule has 0 unspecified atom stereocenters. The third kappa shape index (κ3) is 5.25. The molecule has 0 heterocycles. The topological polar surface area (TPSA) is 75.7 Å². The number of methoxy groups -OCH3 is 1. The largest absolute Gasteiger partial charge is 0.465 e. The second-order valence-electron chi connectivity index (χ2n) is 4.93. The van der Waals surface area contributed by atoms with Crippen LogP contribution in [0.2, 0.25) is 5.02 Å². The number of carbonyl (C=O) groups is 3. The maximum absolute atomic E-state index is 12.2. The van der Waals surface area contributed by atoms with Crippen molar-refractivity contribution in [1.82, 2.24) is 4.90 Å². The third-order valence-corrected chi connectivity index (χ3v) is 3.43. The van der Waals surface area contributed by atoms with Gasteiger partial charge in [0.15, 0.2) is 0 Å². The van der Waals surface area contributed by atoms with Gasteiger partial charge in [-0.2, -0.15) is 0 Å². The SMILES string of the molecule is CCCN(CCC)C(=O)C(=O)Nc1cc(C(=O)OC)ccc1Cl. The van der Waals surface area contributed by atoms with Gasteiger partial charge in [-0.3, -0.25) is 9.59 Å². The lowest BCUT2D eigenvalue weighted by Gasteiger charge is -2.20. The van der Waals surface area contributed by atoms with Crippen molar-refractivity contribution in [2.75, 3.05) is 25.5 Å². The fourth-order valence-corrected chi connectivity index (χ4v) is 2.20. The average molecular weight is 341 g/mol. The van der Waals surface area contributed by atoms with E-state index in [0.717, 1.165) is 12.8 Å². The summed E-state index contributed by atoms with van der Waals surface area (Å²) in [5, 5.41) is 2.69. The van der Waals surface area contributed by atoms with Crippen molar-refractivity contribution in [3.05, 3.63) is 28.8 Å². The fourth-order valence-electron chi connectivity index (χ4n) is 2.04. The molecule has 1 rings (SSSR count). The van der Waals surface area contributed by atoms with Gasteiger partial charge in [0.05, 0.1) is 23.4 Å². The molecule has 0 bridgehead atoms. The Morgan fingerprint density at radius 1 is 1.17 bits per heavy atom. The van der Waals surface area contributed by atoms with Crippen molar-refractivity contribution in [3.8, 4) is 0 Å². The maximum Gasteiger partial charge on any atom is 0.337 e. The van der Waals surface area contributed by atoms with Crippen LogP contribution in [0, 0.1) is 0 Å². The van der Waals surface area contributed by atoms with E-state index >= 15 is 0 Å². The monoisotopic (exact) mass is 340 g/mol. The summed E-state index contributed by atoms with van der Waals surface area (Å²) in [7, 11) is 1.26. The van der Waals surface area contributed by atoms with E-state index in [9.17, 15) is 14.4 Å². The van der Waals surface area contributed by atoms with Crippen molar-refractivity contribution in [2.45, 2.75) is 26.7 Å². The Balaban J connectivity index is 2.91. The Labute approximate surface area is 140 Å². The number of nitrogens with one attached hydrogen (secondary N) is 1. The molecule has 6 nitrogen and oxygen atoms in total. The number of anilines is 1. The van der Waals surface area contributed by atoms with Gasteiger partial charge < -0.3 is 15.0 Å². The van der Waals surface area contributed by atoms with Gasteiger partial charge in [-0.15, -0.1) is 0 Å². The summed E-state index contributed by atoms with van der Waals surface area (Å²) in [5.41, 5.74) is 0.430. The summed E-state index contributed by atoms with van der Waals surface area (Å²) >= 11 is 6.00. The highest BCUT2D eigenvalue weighted by molar-refractivity contribution is 6.41. The Morgan fingerprint density at radius 3 is 2.30 bits per heavy atom. The summed E-state index contributed by atoms with van der Waals surface area (Å²) in [6.07, 6.45) is 1.52. The molecular formula is C16H21ClN2O4. The highest BCUT2D eigenvalue weighted by atomic mass is 35.5. The maximum atomic E-state index is 12.2. The van der Waals surface area contributed by atoms with E-state index in [1.807, 2.05) is 13.8 Å². The second-order valence-corrected chi connectivity index (χ2v) is 5.34. The lowest BCUT2D eigenvalue weighted by Crippen LogP contribution is -2.40. The summed E-state index contributed by atoms with van der Waals surface area (Å²) in [6.45, 7) is 4.89. The van der Waals surface area contributed by atoms with Crippen LogP contribution in [-0.2, 0) is 14.3 Å². The minimum Gasteiger partial charge on any atom is -0.465 e. The first kappa shape index (κ1) is 19.0. The average Bonchev–Trinajstić information content (AvgIpc) is 2.55. The van der Waals surface area contributed by atoms with E-state index in [0.29, 0.717) is 13.1 Å². The van der Waals surface area contributed by atoms with Crippen molar-refractivity contribution in [1.29, 1.82) is 0 Å². The predicted molar refractivity (Wildman–Crippen MR) is 88.6 cm³/mol. The second kappa shape index (κ2) is 9.15. The van der Waals surface area contributed by atoms with Crippen LogP contribution in [0.25, 0.3) is 0 Å². The quantitative estimate of drug-likeness (QED) is 0.638. The highest BCUT2D eigenvalue weighted by Crippen LogP contribution is 2.23. The molecule has 0 radical (unpaired) electrons. The molecule has 0 aliphatic carbocycles. The minimum absolute atomic E-state index is 0.195. The van der Waals surface area contributed by atoms with Crippen LogP contribution in [0.15, 0.2) is 18.2 Å². The van der Waals surface area contributed by atoms with Crippen molar-refractivity contribution in [3.63, 3.8) is 0 Å². The number of amides is 2. The standard InChI is InChI=1S/C16H21ClN2O4/c1-4-8-19(9-5-2)15(21)14(20)18-13-10-11(16(22)23-3)6-7-12(13)17/h6-7,10H,4-5,8-9H2,1-3H3,(H,18,20). The molecule has 0 spiro atoms. The zero-order valence-corrected chi connectivity index (χ0v) is 14.3. The first-order valence-corrected chi connectivity index (χ1v) is 7.80. The smallest absolute Gasteiger partial charge is 0.337 e. The molecule has 1 aromatic carbocycles. The Bertz CT molecular complexity index is 583. The highest BCUT2D eigenvalue weighted by Gasteiger charge is 2.22. The third-order valence-electron chi connectivity index (χ3n) is 3.10. The number of hydrogen-bond acceptors (Lipinski definition) is 4. The van der Waals surface area contributed by atoms with Crippen LogP contribution in [-0.4, -0.2) is 42.9 Å². The van der Waals surface area contributed by atoms with Crippen LogP contribution >= 0.6 is 11.6 Å². The molecule has 23 heavy (non-hydrogen) atoms. The zero-order valence-electron chi connectivity index (χ0n) is 13.5. The number of hydrogen-bond donors (Lipinski definition) is 1. The fraction of sp³-hybridized carbons (Fsp3) is 0.438. The van der Waals surface area contributed by atoms with Gasteiger partial charge in [0.2, 0.25) is 0 Å². The predicted octanol–water partition coefficient (Wildman–Crippen LogP) is 2.71. The lowest BCUT2D eigenvalue weighted by atomic mass is 10.2. The Hall–Kier alpha value is -2.08. The number of nitrogens with zero attached hydrogens (tertiary/aromatic N) is 1. The van der Waals surface area contributed by atoms with Gasteiger partial charge in [0.25, 0.3) is 0 Å². The van der Waals surface area contributed by atoms with Gasteiger partial charge in [0, 0.05) is 13.1 Å². The molecule has 126 valence electrons. The number of carbonyl (C=O) groups excluding carboxylic acids is 3. The Kier molecular flexibility index (Phi) is 7.54. The van der Waals surface area contributed by atoms with Gasteiger partial charge >= 0.3 is 17.8 Å². The van der Waals surface area contributed by atoms with Gasteiger partial charge in [0.1, 0.15) is 0 Å². The van der Waals surface area contributed by atoms with Crippen molar-refractivity contribution >= 4 is 35.1 Å². The molecule has 0 atom stereocenters. The molecule has 1 aromatic rings.